The molecule has 8 nitrogen and oxygen atoms in total. The molecular formula is C22H25F3N6O2. The number of ether oxygens (including phenoxy) is 1. The average molecular weight is 462 g/mol. The SMILES string of the molecule is CC(Cn1nnc(-c2ccccc2Nc2ccc(C(F)(F)F)cc2)n1)NC(=O)OC(C)(C)C. The van der Waals surface area contributed by atoms with Crippen molar-refractivity contribution < 1.29 is 22.7 Å². The van der Waals surface area contributed by atoms with Gasteiger partial charge in [0.15, 0.2) is 0 Å². The third kappa shape index (κ3) is 6.93. The fraction of sp³-hybridized carbons (Fsp3) is 0.364. The number of nitrogens with one attached hydrogen (secondary N) is 2. The molecule has 0 saturated carbocycles. The molecule has 1 aromatic heterocycles. The molecule has 176 valence electrons. The highest BCUT2D eigenvalue weighted by Gasteiger charge is 2.30. The predicted molar refractivity (Wildman–Crippen MR) is 117 cm³/mol. The molecule has 1 heterocycles. The van der Waals surface area contributed by atoms with E-state index in [1.807, 2.05) is 0 Å². The van der Waals surface area contributed by atoms with Gasteiger partial charge in [0.1, 0.15) is 5.60 Å². The van der Waals surface area contributed by atoms with Gasteiger partial charge in [0.05, 0.1) is 18.2 Å². The first-order chi connectivity index (χ1) is 15.4. The summed E-state index contributed by atoms with van der Waals surface area (Å²) in [7, 11) is 0. The van der Waals surface area contributed by atoms with Gasteiger partial charge in [-0.1, -0.05) is 12.1 Å². The number of tetrazole rings is 1. The molecule has 2 N–H and O–H groups in total. The Hall–Kier alpha value is -3.63. The van der Waals surface area contributed by atoms with Crippen LogP contribution in [0.15, 0.2) is 48.5 Å². The van der Waals surface area contributed by atoms with E-state index in [0.717, 1.165) is 12.1 Å². The van der Waals surface area contributed by atoms with Gasteiger partial charge in [-0.25, -0.2) is 4.79 Å². The molecule has 0 radical (unpaired) electrons. The molecule has 11 heteroatoms. The minimum atomic E-state index is -4.39. The number of carbonyl (C=O) groups excluding carboxylic acids is 1. The van der Waals surface area contributed by atoms with Crippen LogP contribution in [0.5, 0.6) is 0 Å². The summed E-state index contributed by atoms with van der Waals surface area (Å²) in [6.07, 6.45) is -4.93. The minimum Gasteiger partial charge on any atom is -0.444 e. The van der Waals surface area contributed by atoms with Crippen LogP contribution in [0.2, 0.25) is 0 Å². The fourth-order valence-electron chi connectivity index (χ4n) is 2.91. The van der Waals surface area contributed by atoms with Crippen LogP contribution < -0.4 is 10.6 Å². The van der Waals surface area contributed by atoms with Gasteiger partial charge < -0.3 is 15.4 Å². The number of amides is 1. The Balaban J connectivity index is 1.70. The molecule has 0 aliphatic rings. The number of nitrogens with zero attached hydrogens (tertiary/aromatic N) is 4. The first-order valence-corrected chi connectivity index (χ1v) is 10.2. The van der Waals surface area contributed by atoms with Crippen LogP contribution >= 0.6 is 0 Å². The van der Waals surface area contributed by atoms with Crippen LogP contribution in [-0.2, 0) is 17.5 Å². The summed E-state index contributed by atoms with van der Waals surface area (Å²) in [6, 6.07) is 11.5. The van der Waals surface area contributed by atoms with Crippen LogP contribution in [0, 0.1) is 0 Å². The summed E-state index contributed by atoms with van der Waals surface area (Å²) in [4.78, 5) is 13.3. The van der Waals surface area contributed by atoms with E-state index >= 15 is 0 Å². The summed E-state index contributed by atoms with van der Waals surface area (Å²) in [5.41, 5.74) is 0.387. The zero-order chi connectivity index (χ0) is 24.2. The molecule has 3 rings (SSSR count). The topological polar surface area (TPSA) is 94.0 Å². The lowest BCUT2D eigenvalue weighted by molar-refractivity contribution is -0.137. The highest BCUT2D eigenvalue weighted by atomic mass is 19.4. The molecule has 1 amide bonds. The number of para-hydroxylation sites is 1. The number of halogens is 3. The summed E-state index contributed by atoms with van der Waals surface area (Å²) in [6.45, 7) is 7.38. The minimum absolute atomic E-state index is 0.265. The van der Waals surface area contributed by atoms with Gasteiger partial charge in [-0.15, -0.1) is 10.2 Å². The van der Waals surface area contributed by atoms with Gasteiger partial charge in [0.25, 0.3) is 0 Å². The van der Waals surface area contributed by atoms with Crippen LogP contribution in [0.25, 0.3) is 11.4 Å². The second-order valence-corrected chi connectivity index (χ2v) is 8.46. The maximum absolute atomic E-state index is 12.8. The van der Waals surface area contributed by atoms with E-state index in [4.69, 9.17) is 4.74 Å². The average Bonchev–Trinajstić information content (AvgIpc) is 3.14. The van der Waals surface area contributed by atoms with Gasteiger partial charge in [0, 0.05) is 16.9 Å². The molecule has 0 fully saturated rings. The molecule has 1 unspecified atom stereocenters. The molecule has 2 aromatic carbocycles. The molecule has 0 spiro atoms. The van der Waals surface area contributed by atoms with Gasteiger partial charge >= 0.3 is 12.3 Å². The summed E-state index contributed by atoms with van der Waals surface area (Å²) in [5, 5.41) is 18.3. The maximum atomic E-state index is 12.8. The van der Waals surface area contributed by atoms with E-state index in [-0.39, 0.29) is 12.6 Å². The van der Waals surface area contributed by atoms with Crippen molar-refractivity contribution in [3.05, 3.63) is 54.1 Å². The highest BCUT2D eigenvalue weighted by molar-refractivity contribution is 5.77. The summed E-state index contributed by atoms with van der Waals surface area (Å²) >= 11 is 0. The molecule has 0 bridgehead atoms. The van der Waals surface area contributed by atoms with Gasteiger partial charge in [-0.3, -0.25) is 0 Å². The Morgan fingerprint density at radius 1 is 1.09 bits per heavy atom. The lowest BCUT2D eigenvalue weighted by Gasteiger charge is -2.21. The van der Waals surface area contributed by atoms with Gasteiger partial charge in [0.2, 0.25) is 5.82 Å². The van der Waals surface area contributed by atoms with E-state index in [0.29, 0.717) is 22.8 Å². The second-order valence-electron chi connectivity index (χ2n) is 8.46. The fourth-order valence-corrected chi connectivity index (χ4v) is 2.91. The van der Waals surface area contributed by atoms with Crippen molar-refractivity contribution in [3.63, 3.8) is 0 Å². The number of aromatic nitrogens is 4. The van der Waals surface area contributed by atoms with Crippen LogP contribution in [0.1, 0.15) is 33.3 Å². The van der Waals surface area contributed by atoms with Crippen molar-refractivity contribution in [2.24, 2.45) is 0 Å². The molecule has 0 aliphatic carbocycles. The number of hydrogen-bond donors (Lipinski definition) is 2. The smallest absolute Gasteiger partial charge is 0.416 e. The third-order valence-corrected chi connectivity index (χ3v) is 4.31. The molecule has 0 saturated heterocycles. The zero-order valence-electron chi connectivity index (χ0n) is 18.6. The van der Waals surface area contributed by atoms with Crippen molar-refractivity contribution in [1.29, 1.82) is 0 Å². The molecular weight excluding hydrogens is 437 g/mol. The standard InChI is InChI=1S/C22H25F3N6O2/c1-14(26-20(32)33-21(2,3)4)13-31-29-19(28-30-31)17-7-5-6-8-18(17)27-16-11-9-15(10-12-16)22(23,24)25/h5-12,14,27H,13H2,1-4H3,(H,26,32). The first-order valence-electron chi connectivity index (χ1n) is 10.2. The highest BCUT2D eigenvalue weighted by Crippen LogP contribution is 2.32. The number of rotatable bonds is 6. The van der Waals surface area contributed by atoms with Crippen LogP contribution in [0.3, 0.4) is 0 Å². The number of hydrogen-bond acceptors (Lipinski definition) is 6. The van der Waals surface area contributed by atoms with Crippen molar-refractivity contribution in [1.82, 2.24) is 25.5 Å². The molecule has 1 atom stereocenters. The lowest BCUT2D eigenvalue weighted by Crippen LogP contribution is -2.40. The molecule has 3 aromatic rings. The van der Waals surface area contributed by atoms with E-state index in [9.17, 15) is 18.0 Å². The Kier molecular flexibility index (Phi) is 6.89. The number of anilines is 2. The van der Waals surface area contributed by atoms with Crippen LogP contribution in [-0.4, -0.2) is 37.9 Å². The monoisotopic (exact) mass is 462 g/mol. The third-order valence-electron chi connectivity index (χ3n) is 4.31. The summed E-state index contributed by atoms with van der Waals surface area (Å²) < 4.78 is 43.6. The first kappa shape index (κ1) is 24.0. The zero-order valence-corrected chi connectivity index (χ0v) is 18.6. The van der Waals surface area contributed by atoms with Crippen LogP contribution in [0.4, 0.5) is 29.3 Å². The maximum Gasteiger partial charge on any atom is 0.416 e. The van der Waals surface area contributed by atoms with E-state index in [1.165, 1.54) is 16.9 Å². The normalized spacial score (nSPS) is 12.8. The van der Waals surface area contributed by atoms with E-state index in [1.54, 1.807) is 52.0 Å². The molecule has 0 aliphatic heterocycles. The Bertz CT molecular complexity index is 1090. The van der Waals surface area contributed by atoms with Crippen molar-refractivity contribution in [2.45, 2.75) is 52.1 Å². The number of benzene rings is 2. The Labute approximate surface area is 189 Å². The Morgan fingerprint density at radius 3 is 2.39 bits per heavy atom. The predicted octanol–water partition coefficient (Wildman–Crippen LogP) is 5.02. The Morgan fingerprint density at radius 2 is 1.76 bits per heavy atom. The van der Waals surface area contributed by atoms with Crippen molar-refractivity contribution in [2.75, 3.05) is 5.32 Å². The van der Waals surface area contributed by atoms with Gasteiger partial charge in [-0.05, 0) is 69.3 Å². The second kappa shape index (κ2) is 9.47. The summed E-state index contributed by atoms with van der Waals surface area (Å²) in [5.74, 6) is 0.328. The van der Waals surface area contributed by atoms with E-state index in [2.05, 4.69) is 26.0 Å². The van der Waals surface area contributed by atoms with Crippen molar-refractivity contribution in [3.8, 4) is 11.4 Å². The quantitative estimate of drug-likeness (QED) is 0.535. The molecule has 33 heavy (non-hydrogen) atoms. The van der Waals surface area contributed by atoms with Crippen molar-refractivity contribution >= 4 is 17.5 Å². The van der Waals surface area contributed by atoms with Gasteiger partial charge in [-0.2, -0.15) is 18.0 Å². The van der Waals surface area contributed by atoms with E-state index < -0.39 is 23.4 Å². The number of carbonyl (C=O) groups is 1. The lowest BCUT2D eigenvalue weighted by atomic mass is 10.1. The number of alkyl halides is 3. The number of alkyl carbamates (subject to hydrolysis) is 1. The largest absolute Gasteiger partial charge is 0.444 e.